The highest BCUT2D eigenvalue weighted by Crippen LogP contribution is 2.32. The SMILES string of the molecule is CC(=O)C(Br)Cc1c(Cl)cc(Cl)c2nsnc12. The number of Topliss-reactive ketones (excluding diaryl/α,β-unsaturated/α-hetero) is 1. The van der Waals surface area contributed by atoms with Gasteiger partial charge in [0.1, 0.15) is 16.8 Å². The van der Waals surface area contributed by atoms with E-state index < -0.39 is 0 Å². The van der Waals surface area contributed by atoms with E-state index in [0.29, 0.717) is 27.5 Å². The van der Waals surface area contributed by atoms with Gasteiger partial charge in [0.2, 0.25) is 0 Å². The average Bonchev–Trinajstić information content (AvgIpc) is 2.72. The molecule has 7 heteroatoms. The van der Waals surface area contributed by atoms with Crippen molar-refractivity contribution in [2.45, 2.75) is 18.2 Å². The third-order valence-corrected chi connectivity index (χ3v) is 4.49. The number of fused-ring (bicyclic) bond motifs is 1. The number of rotatable bonds is 3. The van der Waals surface area contributed by atoms with Crippen LogP contribution in [0.25, 0.3) is 11.0 Å². The van der Waals surface area contributed by atoms with Crippen molar-refractivity contribution in [2.75, 3.05) is 0 Å². The highest BCUT2D eigenvalue weighted by Gasteiger charge is 2.18. The first-order chi connectivity index (χ1) is 8.00. The summed E-state index contributed by atoms with van der Waals surface area (Å²) in [5, 5.41) is 0.998. The fourth-order valence-corrected chi connectivity index (χ4v) is 2.97. The van der Waals surface area contributed by atoms with Crippen LogP contribution in [0.3, 0.4) is 0 Å². The molecule has 3 nitrogen and oxygen atoms in total. The Balaban J connectivity index is 2.53. The second-order valence-corrected chi connectivity index (χ2v) is 6.01. The number of carbonyl (C=O) groups excluding carboxylic acids is 1. The molecule has 90 valence electrons. The number of halogens is 3. The molecule has 0 spiro atoms. The third kappa shape index (κ3) is 2.62. The molecule has 1 atom stereocenters. The zero-order valence-corrected chi connectivity index (χ0v) is 12.6. The van der Waals surface area contributed by atoms with E-state index in [1.165, 1.54) is 6.92 Å². The molecule has 0 aliphatic rings. The summed E-state index contributed by atoms with van der Waals surface area (Å²) in [4.78, 5) is 11.0. The lowest BCUT2D eigenvalue weighted by molar-refractivity contribution is -0.116. The Morgan fingerprint density at radius 2 is 2.06 bits per heavy atom. The normalized spacial score (nSPS) is 12.9. The smallest absolute Gasteiger partial charge is 0.143 e. The Morgan fingerprint density at radius 3 is 2.71 bits per heavy atom. The van der Waals surface area contributed by atoms with E-state index in [1.54, 1.807) is 6.07 Å². The Labute approximate surface area is 121 Å². The minimum Gasteiger partial charge on any atom is -0.299 e. The van der Waals surface area contributed by atoms with Gasteiger partial charge in [-0.1, -0.05) is 39.1 Å². The maximum absolute atomic E-state index is 11.3. The van der Waals surface area contributed by atoms with Crippen molar-refractivity contribution in [2.24, 2.45) is 0 Å². The first kappa shape index (κ1) is 13.2. The van der Waals surface area contributed by atoms with Crippen LogP contribution in [0.15, 0.2) is 6.07 Å². The summed E-state index contributed by atoms with van der Waals surface area (Å²) in [5.41, 5.74) is 2.12. The Bertz CT molecular complexity index is 587. The molecule has 2 aromatic rings. The Hall–Kier alpha value is -0.230. The molecule has 0 saturated heterocycles. The van der Waals surface area contributed by atoms with Gasteiger partial charge in [-0.25, -0.2) is 0 Å². The summed E-state index contributed by atoms with van der Waals surface area (Å²) < 4.78 is 8.29. The number of hydrogen-bond donors (Lipinski definition) is 0. The maximum atomic E-state index is 11.3. The number of nitrogens with zero attached hydrogens (tertiary/aromatic N) is 2. The van der Waals surface area contributed by atoms with Crippen molar-refractivity contribution < 1.29 is 4.79 Å². The quantitative estimate of drug-likeness (QED) is 0.786. The van der Waals surface area contributed by atoms with Crippen LogP contribution in [0.5, 0.6) is 0 Å². The number of ketones is 1. The summed E-state index contributed by atoms with van der Waals surface area (Å²) in [6.45, 7) is 1.53. The summed E-state index contributed by atoms with van der Waals surface area (Å²) >= 11 is 16.6. The van der Waals surface area contributed by atoms with E-state index in [9.17, 15) is 4.79 Å². The lowest BCUT2D eigenvalue weighted by atomic mass is 10.1. The van der Waals surface area contributed by atoms with Gasteiger partial charge in [0.15, 0.2) is 0 Å². The number of alkyl halides is 1. The molecule has 0 N–H and O–H groups in total. The predicted octanol–water partition coefficient (Wildman–Crippen LogP) is 3.89. The Kier molecular flexibility index (Phi) is 4.02. The summed E-state index contributed by atoms with van der Waals surface area (Å²) in [7, 11) is 0. The van der Waals surface area contributed by atoms with Crippen LogP contribution in [0, 0.1) is 0 Å². The molecule has 0 fully saturated rings. The number of aromatic nitrogens is 2. The van der Waals surface area contributed by atoms with E-state index in [-0.39, 0.29) is 10.6 Å². The van der Waals surface area contributed by atoms with Gasteiger partial charge in [-0.3, -0.25) is 4.79 Å². The van der Waals surface area contributed by atoms with Crippen molar-refractivity contribution in [1.82, 2.24) is 8.75 Å². The second-order valence-electron chi connectivity index (χ2n) is 3.56. The zero-order valence-electron chi connectivity index (χ0n) is 8.71. The van der Waals surface area contributed by atoms with Gasteiger partial charge in [0.25, 0.3) is 0 Å². The van der Waals surface area contributed by atoms with Gasteiger partial charge < -0.3 is 0 Å². The number of hydrogen-bond acceptors (Lipinski definition) is 4. The van der Waals surface area contributed by atoms with Gasteiger partial charge in [0, 0.05) is 10.6 Å². The van der Waals surface area contributed by atoms with E-state index in [1.807, 2.05) is 0 Å². The number of carbonyl (C=O) groups is 1. The average molecular weight is 354 g/mol. The van der Waals surface area contributed by atoms with Crippen LogP contribution in [0.4, 0.5) is 0 Å². The lowest BCUT2D eigenvalue weighted by Crippen LogP contribution is -2.13. The zero-order chi connectivity index (χ0) is 12.6. The largest absolute Gasteiger partial charge is 0.299 e. The fraction of sp³-hybridized carbons (Fsp3) is 0.300. The third-order valence-electron chi connectivity index (χ3n) is 2.37. The van der Waals surface area contributed by atoms with Crippen LogP contribution < -0.4 is 0 Å². The number of benzene rings is 1. The van der Waals surface area contributed by atoms with Crippen molar-refractivity contribution in [3.05, 3.63) is 21.7 Å². The fourth-order valence-electron chi connectivity index (χ4n) is 1.44. The molecule has 0 amide bonds. The molecule has 0 aliphatic heterocycles. The molecule has 2 rings (SSSR count). The highest BCUT2D eigenvalue weighted by molar-refractivity contribution is 9.10. The van der Waals surface area contributed by atoms with Crippen LogP contribution in [-0.4, -0.2) is 19.4 Å². The predicted molar refractivity (Wildman–Crippen MR) is 74.5 cm³/mol. The van der Waals surface area contributed by atoms with Gasteiger partial charge in [-0.15, -0.1) is 0 Å². The molecule has 0 radical (unpaired) electrons. The van der Waals surface area contributed by atoms with E-state index >= 15 is 0 Å². The lowest BCUT2D eigenvalue weighted by Gasteiger charge is -2.09. The topological polar surface area (TPSA) is 42.9 Å². The first-order valence-electron chi connectivity index (χ1n) is 4.74. The Morgan fingerprint density at radius 1 is 1.41 bits per heavy atom. The highest BCUT2D eigenvalue weighted by atomic mass is 79.9. The molecule has 17 heavy (non-hydrogen) atoms. The first-order valence-corrected chi connectivity index (χ1v) is 7.14. The molecule has 0 aliphatic carbocycles. The molecule has 0 saturated carbocycles. The van der Waals surface area contributed by atoms with Gasteiger partial charge in [-0.05, 0) is 19.4 Å². The molecular weight excluding hydrogens is 347 g/mol. The van der Waals surface area contributed by atoms with Crippen LogP contribution in [0.2, 0.25) is 10.0 Å². The maximum Gasteiger partial charge on any atom is 0.143 e. The summed E-state index contributed by atoms with van der Waals surface area (Å²) in [6.07, 6.45) is 0.479. The second kappa shape index (κ2) is 5.18. The molecule has 0 bridgehead atoms. The minimum absolute atomic E-state index is 0.0485. The molecule has 1 unspecified atom stereocenters. The molecule has 1 heterocycles. The van der Waals surface area contributed by atoms with Crippen LogP contribution in [-0.2, 0) is 11.2 Å². The monoisotopic (exact) mass is 352 g/mol. The van der Waals surface area contributed by atoms with Crippen molar-refractivity contribution in [3.8, 4) is 0 Å². The van der Waals surface area contributed by atoms with Crippen LogP contribution >= 0.6 is 50.9 Å². The van der Waals surface area contributed by atoms with Crippen molar-refractivity contribution in [3.63, 3.8) is 0 Å². The van der Waals surface area contributed by atoms with Gasteiger partial charge in [0.05, 0.1) is 21.6 Å². The van der Waals surface area contributed by atoms with Crippen molar-refractivity contribution in [1.29, 1.82) is 0 Å². The summed E-state index contributed by atoms with van der Waals surface area (Å²) in [6, 6.07) is 1.64. The molecule has 1 aromatic heterocycles. The van der Waals surface area contributed by atoms with E-state index in [0.717, 1.165) is 17.3 Å². The molecular formula is C10H7BrCl2N2OS. The minimum atomic E-state index is -0.272. The van der Waals surface area contributed by atoms with E-state index in [4.69, 9.17) is 23.2 Å². The van der Waals surface area contributed by atoms with Crippen molar-refractivity contribution >= 4 is 67.7 Å². The van der Waals surface area contributed by atoms with Crippen LogP contribution in [0.1, 0.15) is 12.5 Å². The standard InChI is InChI=1S/C10H7BrCl2N2OS/c1-4(16)6(11)2-5-7(12)3-8(13)10-9(5)14-17-15-10/h3,6H,2H2,1H3. The molecule has 1 aromatic carbocycles. The van der Waals surface area contributed by atoms with Gasteiger partial charge >= 0.3 is 0 Å². The van der Waals surface area contributed by atoms with E-state index in [2.05, 4.69) is 24.7 Å². The summed E-state index contributed by atoms with van der Waals surface area (Å²) in [5.74, 6) is 0.0485. The van der Waals surface area contributed by atoms with Gasteiger partial charge in [-0.2, -0.15) is 8.75 Å².